The number of hydrogen-bond acceptors (Lipinski definition) is 6. The van der Waals surface area contributed by atoms with Crippen LogP contribution in [-0.4, -0.2) is 17.9 Å². The minimum absolute atomic E-state index is 0.0620. The van der Waals surface area contributed by atoms with Gasteiger partial charge in [-0.25, -0.2) is 4.79 Å². The van der Waals surface area contributed by atoms with E-state index in [0.717, 1.165) is 37.8 Å². The Kier molecular flexibility index (Phi) is 5.41. The summed E-state index contributed by atoms with van der Waals surface area (Å²) < 4.78 is 11.6. The van der Waals surface area contributed by atoms with Gasteiger partial charge in [0.25, 0.3) is 0 Å². The molecule has 0 amide bonds. The number of carbonyl (C=O) groups is 2. The van der Waals surface area contributed by atoms with E-state index < -0.39 is 11.9 Å². The number of fused-ring (bicyclic) bond motifs is 1. The summed E-state index contributed by atoms with van der Waals surface area (Å²) in [7, 11) is 0. The van der Waals surface area contributed by atoms with Gasteiger partial charge >= 0.3 is 5.97 Å². The summed E-state index contributed by atoms with van der Waals surface area (Å²) in [5, 5.41) is 3.98. The molecule has 6 nitrogen and oxygen atoms in total. The van der Waals surface area contributed by atoms with Crippen molar-refractivity contribution in [2.45, 2.75) is 63.9 Å². The van der Waals surface area contributed by atoms with E-state index in [2.05, 4.69) is 5.32 Å². The molecule has 0 spiro atoms. The van der Waals surface area contributed by atoms with E-state index in [4.69, 9.17) is 20.8 Å². The average molecular weight is 454 g/mol. The maximum Gasteiger partial charge on any atom is 0.337 e. The van der Waals surface area contributed by atoms with Crippen LogP contribution in [0.25, 0.3) is 11.0 Å². The number of allylic oxidation sites excluding steroid dienone is 3. The van der Waals surface area contributed by atoms with Crippen molar-refractivity contribution < 1.29 is 18.7 Å². The summed E-state index contributed by atoms with van der Waals surface area (Å²) in [5.74, 6) is -1.37. The predicted molar refractivity (Wildman–Crippen MR) is 120 cm³/mol. The molecule has 32 heavy (non-hydrogen) atoms. The molecule has 1 unspecified atom stereocenters. The Morgan fingerprint density at radius 2 is 1.94 bits per heavy atom. The number of halogens is 1. The third-order valence-electron chi connectivity index (χ3n) is 6.64. The van der Waals surface area contributed by atoms with Crippen LogP contribution >= 0.6 is 11.6 Å². The SMILES string of the molecule is CC1=C(C(=O)OC2CCCC2)C(c2coc3ccc(Cl)cc3c2=O)C2=C(CCCC2=O)N1. The van der Waals surface area contributed by atoms with Gasteiger partial charge in [-0.2, -0.15) is 0 Å². The van der Waals surface area contributed by atoms with E-state index in [-0.39, 0.29) is 22.9 Å². The van der Waals surface area contributed by atoms with Crippen LogP contribution in [0.1, 0.15) is 63.4 Å². The molecule has 1 aromatic heterocycles. The number of ketones is 1. The maximum atomic E-state index is 13.5. The maximum absolute atomic E-state index is 13.5. The number of nitrogens with one attached hydrogen (secondary N) is 1. The molecule has 2 aliphatic carbocycles. The Labute approximate surface area is 190 Å². The highest BCUT2D eigenvalue weighted by Gasteiger charge is 2.41. The Bertz CT molecular complexity index is 1250. The van der Waals surface area contributed by atoms with E-state index in [1.165, 1.54) is 6.26 Å². The van der Waals surface area contributed by atoms with Crippen LogP contribution in [0.2, 0.25) is 5.02 Å². The summed E-state index contributed by atoms with van der Waals surface area (Å²) in [6, 6.07) is 4.84. The summed E-state index contributed by atoms with van der Waals surface area (Å²) in [6.07, 6.45) is 6.76. The predicted octanol–water partition coefficient (Wildman–Crippen LogP) is 4.90. The van der Waals surface area contributed by atoms with E-state index in [0.29, 0.717) is 45.7 Å². The fraction of sp³-hybridized carbons (Fsp3) is 0.400. The molecule has 1 fully saturated rings. The summed E-state index contributed by atoms with van der Waals surface area (Å²) >= 11 is 6.12. The zero-order valence-corrected chi connectivity index (χ0v) is 18.6. The Morgan fingerprint density at radius 3 is 2.72 bits per heavy atom. The molecule has 1 atom stereocenters. The molecular weight excluding hydrogens is 430 g/mol. The van der Waals surface area contributed by atoms with Crippen LogP contribution in [-0.2, 0) is 14.3 Å². The van der Waals surface area contributed by atoms with Crippen LogP contribution < -0.4 is 10.7 Å². The van der Waals surface area contributed by atoms with Gasteiger partial charge in [-0.05, 0) is 63.6 Å². The van der Waals surface area contributed by atoms with Gasteiger partial charge in [0.15, 0.2) is 11.2 Å². The third-order valence-corrected chi connectivity index (χ3v) is 6.88. The van der Waals surface area contributed by atoms with Crippen molar-refractivity contribution >= 4 is 34.3 Å². The number of esters is 1. The monoisotopic (exact) mass is 453 g/mol. The second-order valence-corrected chi connectivity index (χ2v) is 9.17. The number of carbonyl (C=O) groups excluding carboxylic acids is 2. The fourth-order valence-electron chi connectivity index (χ4n) is 5.10. The van der Waals surface area contributed by atoms with E-state index in [1.807, 2.05) is 0 Å². The van der Waals surface area contributed by atoms with Crippen molar-refractivity contribution in [3.8, 4) is 0 Å². The van der Waals surface area contributed by atoms with Crippen molar-refractivity contribution in [3.63, 3.8) is 0 Å². The van der Waals surface area contributed by atoms with Gasteiger partial charge in [-0.3, -0.25) is 9.59 Å². The number of Topliss-reactive ketones (excluding diaryl/α,β-unsaturated/α-hetero) is 1. The minimum atomic E-state index is -0.826. The average Bonchev–Trinajstić information content (AvgIpc) is 3.26. The van der Waals surface area contributed by atoms with Crippen LogP contribution in [0.15, 0.2) is 56.2 Å². The fourth-order valence-corrected chi connectivity index (χ4v) is 5.28. The van der Waals surface area contributed by atoms with Crippen molar-refractivity contribution in [3.05, 3.63) is 67.8 Å². The summed E-state index contributed by atoms with van der Waals surface area (Å²) in [4.78, 5) is 39.9. The highest BCUT2D eigenvalue weighted by molar-refractivity contribution is 6.31. The molecule has 1 saturated carbocycles. The molecule has 166 valence electrons. The van der Waals surface area contributed by atoms with Gasteiger partial charge < -0.3 is 14.5 Å². The number of dihydropyridines is 1. The highest BCUT2D eigenvalue weighted by atomic mass is 35.5. The molecule has 1 N–H and O–H groups in total. The van der Waals surface area contributed by atoms with Crippen LogP contribution in [0.3, 0.4) is 0 Å². The largest absolute Gasteiger partial charge is 0.464 e. The second-order valence-electron chi connectivity index (χ2n) is 8.74. The van der Waals surface area contributed by atoms with Gasteiger partial charge in [-0.1, -0.05) is 11.6 Å². The lowest BCUT2D eigenvalue weighted by Gasteiger charge is -2.34. The van der Waals surface area contributed by atoms with Gasteiger partial charge in [0.05, 0.1) is 23.1 Å². The summed E-state index contributed by atoms with van der Waals surface area (Å²) in [6.45, 7) is 1.79. The van der Waals surface area contributed by atoms with Crippen molar-refractivity contribution in [2.24, 2.45) is 0 Å². The lowest BCUT2D eigenvalue weighted by Crippen LogP contribution is -2.36. The highest BCUT2D eigenvalue weighted by Crippen LogP contribution is 2.42. The van der Waals surface area contributed by atoms with Gasteiger partial charge in [0.1, 0.15) is 11.7 Å². The summed E-state index contributed by atoms with van der Waals surface area (Å²) in [5.41, 5.74) is 2.50. The van der Waals surface area contributed by atoms with E-state index >= 15 is 0 Å². The molecule has 5 rings (SSSR count). The molecule has 7 heteroatoms. The van der Waals surface area contributed by atoms with Gasteiger partial charge in [0.2, 0.25) is 0 Å². The molecule has 2 aromatic rings. The van der Waals surface area contributed by atoms with E-state index in [1.54, 1.807) is 25.1 Å². The number of rotatable bonds is 3. The number of hydrogen-bond donors (Lipinski definition) is 1. The van der Waals surface area contributed by atoms with Crippen molar-refractivity contribution in [2.75, 3.05) is 0 Å². The van der Waals surface area contributed by atoms with Crippen LogP contribution in [0.4, 0.5) is 0 Å². The molecular formula is C25H24ClNO5. The molecule has 0 saturated heterocycles. The first kappa shape index (κ1) is 21.0. The molecule has 0 radical (unpaired) electrons. The normalized spacial score (nSPS) is 21.7. The van der Waals surface area contributed by atoms with Gasteiger partial charge in [-0.15, -0.1) is 0 Å². The Morgan fingerprint density at radius 1 is 1.16 bits per heavy atom. The molecule has 2 heterocycles. The second kappa shape index (κ2) is 8.24. The first-order chi connectivity index (χ1) is 15.4. The first-order valence-electron chi connectivity index (χ1n) is 11.1. The van der Waals surface area contributed by atoms with Gasteiger partial charge in [0, 0.05) is 34.0 Å². The molecule has 0 bridgehead atoms. The quantitative estimate of drug-likeness (QED) is 0.665. The molecule has 1 aliphatic heterocycles. The molecule has 1 aromatic carbocycles. The van der Waals surface area contributed by atoms with Crippen LogP contribution in [0, 0.1) is 0 Å². The Balaban J connectivity index is 1.67. The van der Waals surface area contributed by atoms with Crippen molar-refractivity contribution in [1.29, 1.82) is 0 Å². The topological polar surface area (TPSA) is 85.6 Å². The first-order valence-corrected chi connectivity index (χ1v) is 11.5. The number of ether oxygens (including phenoxy) is 1. The minimum Gasteiger partial charge on any atom is -0.464 e. The smallest absolute Gasteiger partial charge is 0.337 e. The standard InChI is InChI=1S/C25H24ClNO5/c1-13-21(25(30)32-15-5-2-3-6-15)22(23-18(27-13)7-4-8-19(23)28)17-12-31-20-10-9-14(26)11-16(20)24(17)29/h9-12,15,22,27H,2-8H2,1H3. The zero-order chi connectivity index (χ0) is 22.4. The Hall–Kier alpha value is -2.86. The zero-order valence-electron chi connectivity index (χ0n) is 17.8. The molecule has 3 aliphatic rings. The van der Waals surface area contributed by atoms with Crippen LogP contribution in [0.5, 0.6) is 0 Å². The van der Waals surface area contributed by atoms with Crippen molar-refractivity contribution in [1.82, 2.24) is 5.32 Å². The lowest BCUT2D eigenvalue weighted by molar-refractivity contribution is -0.144. The number of benzene rings is 1. The van der Waals surface area contributed by atoms with E-state index in [9.17, 15) is 14.4 Å². The lowest BCUT2D eigenvalue weighted by atomic mass is 9.75. The third kappa shape index (κ3) is 3.56.